The lowest BCUT2D eigenvalue weighted by atomic mass is 9.98. The molecule has 0 saturated heterocycles. The fraction of sp³-hybridized carbons (Fsp3) is 0.294. The second-order valence-corrected chi connectivity index (χ2v) is 5.20. The number of carbonyl (C=O) groups is 1. The highest BCUT2D eigenvalue weighted by atomic mass is 16.1. The van der Waals surface area contributed by atoms with Gasteiger partial charge in [-0.25, -0.2) is 0 Å². The molecule has 3 N–H and O–H groups in total. The Balaban J connectivity index is 2.43. The highest BCUT2D eigenvalue weighted by Crippen LogP contribution is 2.26. The SMILES string of the molecule is CC(=O)Nc1ccc(-c2nc(C)cc(C)c2CCN)cc1. The number of hydrogen-bond acceptors (Lipinski definition) is 3. The predicted molar refractivity (Wildman–Crippen MR) is 86.2 cm³/mol. The first-order chi connectivity index (χ1) is 10.0. The second-order valence-electron chi connectivity index (χ2n) is 5.20. The summed E-state index contributed by atoms with van der Waals surface area (Å²) in [5.74, 6) is -0.0731. The van der Waals surface area contributed by atoms with Gasteiger partial charge in [0.15, 0.2) is 0 Å². The Kier molecular flexibility index (Phi) is 4.70. The Hall–Kier alpha value is -2.20. The average molecular weight is 283 g/mol. The third-order valence-electron chi connectivity index (χ3n) is 3.35. The molecule has 1 amide bonds. The summed E-state index contributed by atoms with van der Waals surface area (Å²) in [5, 5.41) is 2.77. The highest BCUT2D eigenvalue weighted by molar-refractivity contribution is 5.89. The number of nitrogens with two attached hydrogens (primary N) is 1. The number of hydrogen-bond donors (Lipinski definition) is 2. The molecule has 0 spiro atoms. The van der Waals surface area contributed by atoms with Gasteiger partial charge in [-0.2, -0.15) is 0 Å². The van der Waals surface area contributed by atoms with Crippen molar-refractivity contribution in [2.75, 3.05) is 11.9 Å². The summed E-state index contributed by atoms with van der Waals surface area (Å²) in [6.07, 6.45) is 0.807. The first kappa shape index (κ1) is 15.2. The molecule has 2 rings (SSSR count). The van der Waals surface area contributed by atoms with E-state index in [1.54, 1.807) is 0 Å². The van der Waals surface area contributed by atoms with Crippen LogP contribution in [0.25, 0.3) is 11.3 Å². The average Bonchev–Trinajstić information content (AvgIpc) is 2.42. The molecular formula is C17H21N3O. The zero-order valence-corrected chi connectivity index (χ0v) is 12.7. The van der Waals surface area contributed by atoms with Crippen LogP contribution in [0.5, 0.6) is 0 Å². The molecule has 0 radical (unpaired) electrons. The Labute approximate surface area is 125 Å². The molecule has 0 atom stereocenters. The molecule has 0 aliphatic heterocycles. The van der Waals surface area contributed by atoms with Crippen molar-refractivity contribution < 1.29 is 4.79 Å². The largest absolute Gasteiger partial charge is 0.330 e. The van der Waals surface area contributed by atoms with Crippen LogP contribution in [0, 0.1) is 13.8 Å². The minimum absolute atomic E-state index is 0.0731. The number of pyridine rings is 1. The van der Waals surface area contributed by atoms with E-state index in [1.807, 2.05) is 31.2 Å². The van der Waals surface area contributed by atoms with E-state index in [0.29, 0.717) is 6.54 Å². The minimum atomic E-state index is -0.0731. The molecule has 0 aliphatic rings. The summed E-state index contributed by atoms with van der Waals surface area (Å²) in [5.41, 5.74) is 11.9. The predicted octanol–water partition coefficient (Wildman–Crippen LogP) is 2.83. The minimum Gasteiger partial charge on any atom is -0.330 e. The third kappa shape index (κ3) is 3.67. The Morgan fingerprint density at radius 2 is 1.90 bits per heavy atom. The molecule has 4 heteroatoms. The number of carbonyl (C=O) groups excluding carboxylic acids is 1. The smallest absolute Gasteiger partial charge is 0.221 e. The number of benzene rings is 1. The van der Waals surface area contributed by atoms with Gasteiger partial charge in [0.1, 0.15) is 0 Å². The van der Waals surface area contributed by atoms with Gasteiger partial charge in [0, 0.05) is 23.9 Å². The zero-order valence-electron chi connectivity index (χ0n) is 12.7. The van der Waals surface area contributed by atoms with Gasteiger partial charge in [0.2, 0.25) is 5.91 Å². The molecular weight excluding hydrogens is 262 g/mol. The Bertz CT molecular complexity index is 648. The van der Waals surface area contributed by atoms with Crippen molar-refractivity contribution in [2.45, 2.75) is 27.2 Å². The van der Waals surface area contributed by atoms with E-state index in [2.05, 4.69) is 23.3 Å². The van der Waals surface area contributed by atoms with Gasteiger partial charge in [0.05, 0.1) is 5.69 Å². The van der Waals surface area contributed by atoms with Crippen LogP contribution in [0.2, 0.25) is 0 Å². The molecule has 110 valence electrons. The van der Waals surface area contributed by atoms with Crippen molar-refractivity contribution in [3.05, 3.63) is 47.2 Å². The lowest BCUT2D eigenvalue weighted by Gasteiger charge is -2.13. The molecule has 1 heterocycles. The Morgan fingerprint density at radius 3 is 2.48 bits per heavy atom. The molecule has 4 nitrogen and oxygen atoms in total. The molecule has 1 aromatic heterocycles. The van der Waals surface area contributed by atoms with Crippen molar-refractivity contribution >= 4 is 11.6 Å². The molecule has 21 heavy (non-hydrogen) atoms. The number of aryl methyl sites for hydroxylation is 2. The Morgan fingerprint density at radius 1 is 1.24 bits per heavy atom. The normalized spacial score (nSPS) is 10.5. The van der Waals surface area contributed by atoms with Crippen LogP contribution in [-0.4, -0.2) is 17.4 Å². The van der Waals surface area contributed by atoms with Crippen molar-refractivity contribution in [1.82, 2.24) is 4.98 Å². The molecule has 1 aromatic carbocycles. The van der Waals surface area contributed by atoms with Crippen molar-refractivity contribution in [2.24, 2.45) is 5.73 Å². The molecule has 0 bridgehead atoms. The van der Waals surface area contributed by atoms with Crippen LogP contribution >= 0.6 is 0 Å². The van der Waals surface area contributed by atoms with Crippen molar-refractivity contribution in [3.63, 3.8) is 0 Å². The van der Waals surface area contributed by atoms with Gasteiger partial charge in [0.25, 0.3) is 0 Å². The summed E-state index contributed by atoms with van der Waals surface area (Å²) in [6.45, 7) is 6.19. The van der Waals surface area contributed by atoms with Crippen molar-refractivity contribution in [1.29, 1.82) is 0 Å². The standard InChI is InChI=1S/C17H21N3O/c1-11-10-12(2)19-17(16(11)8-9-18)14-4-6-15(7-5-14)20-13(3)21/h4-7,10H,8-9,18H2,1-3H3,(H,20,21). The van der Waals surface area contributed by atoms with Gasteiger partial charge in [-0.1, -0.05) is 12.1 Å². The lowest BCUT2D eigenvalue weighted by Crippen LogP contribution is -2.08. The van der Waals surface area contributed by atoms with Crippen LogP contribution in [0.4, 0.5) is 5.69 Å². The van der Waals surface area contributed by atoms with E-state index in [4.69, 9.17) is 5.73 Å². The number of nitrogens with zero attached hydrogens (tertiary/aromatic N) is 1. The first-order valence-corrected chi connectivity index (χ1v) is 7.06. The van der Waals surface area contributed by atoms with E-state index in [9.17, 15) is 4.79 Å². The maximum atomic E-state index is 11.1. The van der Waals surface area contributed by atoms with E-state index in [0.717, 1.165) is 29.1 Å². The summed E-state index contributed by atoms with van der Waals surface area (Å²) >= 11 is 0. The number of aromatic nitrogens is 1. The van der Waals surface area contributed by atoms with Gasteiger partial charge in [-0.3, -0.25) is 9.78 Å². The lowest BCUT2D eigenvalue weighted by molar-refractivity contribution is -0.114. The zero-order chi connectivity index (χ0) is 15.4. The van der Waals surface area contributed by atoms with E-state index < -0.39 is 0 Å². The van der Waals surface area contributed by atoms with Gasteiger partial charge in [-0.15, -0.1) is 0 Å². The van der Waals surface area contributed by atoms with Gasteiger partial charge >= 0.3 is 0 Å². The summed E-state index contributed by atoms with van der Waals surface area (Å²) in [6, 6.07) is 9.82. The molecule has 2 aromatic rings. The van der Waals surface area contributed by atoms with Crippen LogP contribution in [0.1, 0.15) is 23.7 Å². The van der Waals surface area contributed by atoms with Crippen LogP contribution in [0.3, 0.4) is 0 Å². The fourth-order valence-corrected chi connectivity index (χ4v) is 2.48. The summed E-state index contributed by atoms with van der Waals surface area (Å²) in [7, 11) is 0. The van der Waals surface area contributed by atoms with E-state index >= 15 is 0 Å². The topological polar surface area (TPSA) is 68.0 Å². The van der Waals surface area contributed by atoms with Crippen LogP contribution < -0.4 is 11.1 Å². The fourth-order valence-electron chi connectivity index (χ4n) is 2.48. The molecule has 0 fully saturated rings. The number of amides is 1. The van der Waals surface area contributed by atoms with E-state index in [1.165, 1.54) is 18.1 Å². The van der Waals surface area contributed by atoms with Crippen molar-refractivity contribution in [3.8, 4) is 11.3 Å². The monoisotopic (exact) mass is 283 g/mol. The van der Waals surface area contributed by atoms with Crippen LogP contribution in [-0.2, 0) is 11.2 Å². The van der Waals surface area contributed by atoms with Gasteiger partial charge in [-0.05, 0) is 56.1 Å². The second kappa shape index (κ2) is 6.50. The number of rotatable bonds is 4. The maximum absolute atomic E-state index is 11.1. The maximum Gasteiger partial charge on any atom is 0.221 e. The number of anilines is 1. The number of nitrogens with one attached hydrogen (secondary N) is 1. The summed E-state index contributed by atoms with van der Waals surface area (Å²) < 4.78 is 0. The molecule has 0 saturated carbocycles. The van der Waals surface area contributed by atoms with Gasteiger partial charge < -0.3 is 11.1 Å². The van der Waals surface area contributed by atoms with E-state index in [-0.39, 0.29) is 5.91 Å². The highest BCUT2D eigenvalue weighted by Gasteiger charge is 2.10. The quantitative estimate of drug-likeness (QED) is 0.906. The third-order valence-corrected chi connectivity index (χ3v) is 3.35. The van der Waals surface area contributed by atoms with Crippen LogP contribution in [0.15, 0.2) is 30.3 Å². The first-order valence-electron chi connectivity index (χ1n) is 7.06. The summed E-state index contributed by atoms with van der Waals surface area (Å²) in [4.78, 5) is 15.7. The molecule has 0 unspecified atom stereocenters. The molecule has 0 aliphatic carbocycles.